The summed E-state index contributed by atoms with van der Waals surface area (Å²) in [5.41, 5.74) is -0.599. The third-order valence-electron chi connectivity index (χ3n) is 1.44. The van der Waals surface area contributed by atoms with E-state index >= 15 is 0 Å². The Bertz CT molecular complexity index is 404. The second-order valence-corrected chi connectivity index (χ2v) is 4.96. The molecular weight excluding hydrogens is 279 g/mol. The Labute approximate surface area is 101 Å². The Balaban J connectivity index is 2.67. The fraction of sp³-hybridized carbons (Fsp3) is 0.400. The monoisotopic (exact) mass is 290 g/mol. The first kappa shape index (κ1) is 12.9. The van der Waals surface area contributed by atoms with Gasteiger partial charge in [-0.3, -0.25) is 5.32 Å². The number of pyridine rings is 1. The van der Waals surface area contributed by atoms with Crippen molar-refractivity contribution in [2.75, 3.05) is 5.32 Å². The number of halogens is 2. The van der Waals surface area contributed by atoms with E-state index < -0.39 is 17.5 Å². The number of anilines is 1. The lowest BCUT2D eigenvalue weighted by atomic mass is 10.2. The topological polar surface area (TPSA) is 51.2 Å². The highest BCUT2D eigenvalue weighted by Gasteiger charge is 2.16. The van der Waals surface area contributed by atoms with Gasteiger partial charge < -0.3 is 4.74 Å². The van der Waals surface area contributed by atoms with Gasteiger partial charge in [0.2, 0.25) is 0 Å². The van der Waals surface area contributed by atoms with Crippen LogP contribution >= 0.6 is 15.9 Å². The number of rotatable bonds is 1. The van der Waals surface area contributed by atoms with Crippen LogP contribution in [0.5, 0.6) is 0 Å². The quantitative estimate of drug-likeness (QED) is 0.863. The molecule has 0 radical (unpaired) electrons. The summed E-state index contributed by atoms with van der Waals surface area (Å²) in [6.07, 6.45) is 0.601. The average Bonchev–Trinajstić information content (AvgIpc) is 2.08. The Morgan fingerprint density at radius 3 is 2.69 bits per heavy atom. The van der Waals surface area contributed by atoms with Crippen LogP contribution in [0.1, 0.15) is 20.8 Å². The van der Waals surface area contributed by atoms with Gasteiger partial charge >= 0.3 is 6.09 Å². The van der Waals surface area contributed by atoms with Crippen molar-refractivity contribution < 1.29 is 13.9 Å². The molecule has 0 bridgehead atoms. The molecule has 0 aliphatic heterocycles. The molecule has 16 heavy (non-hydrogen) atoms. The van der Waals surface area contributed by atoms with Crippen molar-refractivity contribution in [3.8, 4) is 0 Å². The van der Waals surface area contributed by atoms with Crippen LogP contribution in [0.25, 0.3) is 0 Å². The van der Waals surface area contributed by atoms with Crippen molar-refractivity contribution >= 4 is 27.8 Å². The Morgan fingerprint density at radius 2 is 2.19 bits per heavy atom. The van der Waals surface area contributed by atoms with Gasteiger partial charge in [-0.25, -0.2) is 14.2 Å². The van der Waals surface area contributed by atoms with Crippen molar-refractivity contribution in [1.29, 1.82) is 0 Å². The first-order valence-corrected chi connectivity index (χ1v) is 5.38. The maximum absolute atomic E-state index is 13.1. The number of nitrogens with zero attached hydrogens (tertiary/aromatic N) is 1. The molecule has 0 spiro atoms. The molecule has 0 aromatic carbocycles. The highest BCUT2D eigenvalue weighted by atomic mass is 79.9. The first-order valence-electron chi connectivity index (χ1n) is 4.59. The van der Waals surface area contributed by atoms with Gasteiger partial charge in [0.15, 0.2) is 0 Å². The summed E-state index contributed by atoms with van der Waals surface area (Å²) < 4.78 is 18.3. The van der Waals surface area contributed by atoms with E-state index in [-0.39, 0.29) is 10.3 Å². The molecule has 0 saturated carbocycles. The highest BCUT2D eigenvalue weighted by molar-refractivity contribution is 9.10. The Hall–Kier alpha value is -1.17. The van der Waals surface area contributed by atoms with Crippen LogP contribution in [0.15, 0.2) is 16.7 Å². The van der Waals surface area contributed by atoms with E-state index in [0.29, 0.717) is 0 Å². The normalized spacial score (nSPS) is 11.1. The van der Waals surface area contributed by atoms with Crippen molar-refractivity contribution in [3.05, 3.63) is 22.6 Å². The molecule has 0 atom stereocenters. The summed E-state index contributed by atoms with van der Waals surface area (Å²) in [4.78, 5) is 15.1. The molecule has 6 heteroatoms. The summed E-state index contributed by atoms with van der Waals surface area (Å²) in [6.45, 7) is 5.21. The number of hydrogen-bond acceptors (Lipinski definition) is 3. The van der Waals surface area contributed by atoms with E-state index in [9.17, 15) is 9.18 Å². The summed E-state index contributed by atoms with van der Waals surface area (Å²) in [6, 6.07) is 1.11. The zero-order valence-corrected chi connectivity index (χ0v) is 10.8. The molecule has 1 rings (SSSR count). The van der Waals surface area contributed by atoms with E-state index in [4.69, 9.17) is 4.74 Å². The van der Waals surface area contributed by atoms with Gasteiger partial charge in [0.05, 0.1) is 4.47 Å². The maximum Gasteiger partial charge on any atom is 0.413 e. The Kier molecular flexibility index (Phi) is 3.85. The number of aromatic nitrogens is 1. The van der Waals surface area contributed by atoms with Gasteiger partial charge in [0, 0.05) is 12.3 Å². The summed E-state index contributed by atoms with van der Waals surface area (Å²) in [7, 11) is 0. The zero-order chi connectivity index (χ0) is 12.3. The molecular formula is C10H12BrFN2O2. The number of ether oxygens (including phenoxy) is 1. The van der Waals surface area contributed by atoms with E-state index in [0.717, 1.165) is 6.07 Å². The first-order chi connectivity index (χ1) is 7.28. The van der Waals surface area contributed by atoms with Crippen LogP contribution < -0.4 is 5.32 Å². The van der Waals surface area contributed by atoms with E-state index in [1.807, 2.05) is 0 Å². The van der Waals surface area contributed by atoms with Gasteiger partial charge in [0.1, 0.15) is 17.2 Å². The molecule has 1 amide bonds. The fourth-order valence-corrected chi connectivity index (χ4v) is 1.11. The second-order valence-electron chi connectivity index (χ2n) is 4.11. The average molecular weight is 291 g/mol. The minimum Gasteiger partial charge on any atom is -0.444 e. The van der Waals surface area contributed by atoms with Crippen molar-refractivity contribution in [2.24, 2.45) is 0 Å². The summed E-state index contributed by atoms with van der Waals surface area (Å²) >= 11 is 2.96. The molecule has 4 nitrogen and oxygen atoms in total. The molecule has 1 heterocycles. The van der Waals surface area contributed by atoms with Gasteiger partial charge in [-0.15, -0.1) is 0 Å². The van der Waals surface area contributed by atoms with Crippen LogP contribution in [0.4, 0.5) is 15.0 Å². The van der Waals surface area contributed by atoms with Crippen molar-refractivity contribution in [2.45, 2.75) is 26.4 Å². The predicted molar refractivity (Wildman–Crippen MR) is 61.8 cm³/mol. The predicted octanol–water partition coefficient (Wildman–Crippen LogP) is 3.33. The van der Waals surface area contributed by atoms with E-state index in [1.54, 1.807) is 20.8 Å². The van der Waals surface area contributed by atoms with Crippen LogP contribution in [-0.2, 0) is 4.74 Å². The van der Waals surface area contributed by atoms with Crippen molar-refractivity contribution in [3.63, 3.8) is 0 Å². The SMILES string of the molecule is CC(C)(C)OC(=O)Nc1cc(F)c(Br)cn1. The standard InChI is InChI=1S/C10H12BrFN2O2/c1-10(2,3)16-9(15)14-8-4-7(12)6(11)5-13-8/h4-5H,1-3H3,(H,13,14,15). The minimum absolute atomic E-state index is 0.106. The lowest BCUT2D eigenvalue weighted by molar-refractivity contribution is 0.0635. The number of amides is 1. The van der Waals surface area contributed by atoms with Gasteiger partial charge in [-0.05, 0) is 36.7 Å². The fourth-order valence-electron chi connectivity index (χ4n) is 0.891. The number of nitrogens with one attached hydrogen (secondary N) is 1. The molecule has 0 fully saturated rings. The minimum atomic E-state index is -0.665. The van der Waals surface area contributed by atoms with Crippen LogP contribution in [0.2, 0.25) is 0 Å². The number of carbonyl (C=O) groups excluding carboxylic acids is 1. The van der Waals surface area contributed by atoms with Gasteiger partial charge in [-0.2, -0.15) is 0 Å². The summed E-state index contributed by atoms with van der Waals surface area (Å²) in [5.74, 6) is -0.393. The molecule has 0 saturated heterocycles. The third-order valence-corrected chi connectivity index (χ3v) is 2.02. The maximum atomic E-state index is 13.1. The lowest BCUT2D eigenvalue weighted by Crippen LogP contribution is -2.27. The third kappa shape index (κ3) is 4.14. The van der Waals surface area contributed by atoms with E-state index in [1.165, 1.54) is 6.20 Å². The molecule has 0 unspecified atom stereocenters. The molecule has 1 N–H and O–H groups in total. The van der Waals surface area contributed by atoms with Crippen LogP contribution in [0, 0.1) is 5.82 Å². The molecule has 0 aliphatic rings. The smallest absolute Gasteiger partial charge is 0.413 e. The van der Waals surface area contributed by atoms with Crippen LogP contribution in [-0.4, -0.2) is 16.7 Å². The van der Waals surface area contributed by atoms with Crippen LogP contribution in [0.3, 0.4) is 0 Å². The summed E-state index contributed by atoms with van der Waals surface area (Å²) in [5, 5.41) is 2.33. The number of carbonyl (C=O) groups is 1. The van der Waals surface area contributed by atoms with E-state index in [2.05, 4.69) is 26.2 Å². The Morgan fingerprint density at radius 1 is 1.56 bits per heavy atom. The van der Waals surface area contributed by atoms with Gasteiger partial charge in [0.25, 0.3) is 0 Å². The van der Waals surface area contributed by atoms with Crippen molar-refractivity contribution in [1.82, 2.24) is 4.98 Å². The molecule has 0 aliphatic carbocycles. The molecule has 1 aromatic rings. The highest BCUT2D eigenvalue weighted by Crippen LogP contribution is 2.17. The zero-order valence-electron chi connectivity index (χ0n) is 9.17. The number of hydrogen-bond donors (Lipinski definition) is 1. The molecule has 88 valence electrons. The van der Waals surface area contributed by atoms with Gasteiger partial charge in [-0.1, -0.05) is 0 Å². The largest absolute Gasteiger partial charge is 0.444 e. The lowest BCUT2D eigenvalue weighted by Gasteiger charge is -2.19. The second kappa shape index (κ2) is 4.78. The molecule has 1 aromatic heterocycles.